The molecule has 2 atom stereocenters. The molecule has 0 radical (unpaired) electrons. The molecule has 0 aromatic heterocycles. The number of aliphatic carboxylic acids is 1. The maximum absolute atomic E-state index is 13.3. The van der Waals surface area contributed by atoms with Crippen molar-refractivity contribution in [3.8, 4) is 11.1 Å². The van der Waals surface area contributed by atoms with Crippen LogP contribution in [-0.4, -0.2) is 41.7 Å². The predicted molar refractivity (Wildman–Crippen MR) is 108 cm³/mol. The second-order valence-corrected chi connectivity index (χ2v) is 9.83. The summed E-state index contributed by atoms with van der Waals surface area (Å²) in [5, 5.41) is 18.7. The van der Waals surface area contributed by atoms with Crippen LogP contribution in [0.5, 0.6) is 0 Å². The molecule has 2 aromatic carbocycles. The van der Waals surface area contributed by atoms with E-state index in [2.05, 4.69) is 0 Å². The standard InChI is InChI=1S/C21H26FO5P/c1-14-10-15(2)19(20(11-14)16-4-6-17(22)7-5-16)8-9-28(26,27-3)13-18(23)12-21(24)25/h4-7,10-11,18,23H,8-9,12-13H2,1-3H3,(H,24,25)/t18-,28?/m0/s1. The molecule has 5 nitrogen and oxygen atoms in total. The zero-order valence-electron chi connectivity index (χ0n) is 16.3. The molecule has 1 unspecified atom stereocenters. The Hall–Kier alpha value is -2.01. The molecule has 0 heterocycles. The van der Waals surface area contributed by atoms with E-state index in [4.69, 9.17) is 9.63 Å². The molecule has 152 valence electrons. The van der Waals surface area contributed by atoms with Crippen LogP contribution in [0.4, 0.5) is 4.39 Å². The molecule has 2 rings (SSSR count). The average molecular weight is 408 g/mol. The number of rotatable bonds is 9. The summed E-state index contributed by atoms with van der Waals surface area (Å²) in [6.45, 7) is 3.94. The van der Waals surface area contributed by atoms with Crippen LogP contribution in [0, 0.1) is 19.7 Å². The van der Waals surface area contributed by atoms with Crippen LogP contribution in [-0.2, 0) is 20.3 Å². The van der Waals surface area contributed by atoms with Gasteiger partial charge >= 0.3 is 5.97 Å². The third-order valence-corrected chi connectivity index (χ3v) is 7.26. The first-order chi connectivity index (χ1) is 13.1. The normalized spacial score (nSPS) is 14.5. The maximum atomic E-state index is 13.3. The molecular formula is C21H26FO5P. The topological polar surface area (TPSA) is 83.8 Å². The largest absolute Gasteiger partial charge is 0.481 e. The fraction of sp³-hybridized carbons (Fsp3) is 0.381. The van der Waals surface area contributed by atoms with Crippen LogP contribution in [0.3, 0.4) is 0 Å². The Morgan fingerprint density at radius 3 is 2.43 bits per heavy atom. The average Bonchev–Trinajstić information content (AvgIpc) is 2.60. The molecule has 0 aliphatic rings. The highest BCUT2D eigenvalue weighted by Gasteiger charge is 2.27. The summed E-state index contributed by atoms with van der Waals surface area (Å²) in [7, 11) is -1.89. The van der Waals surface area contributed by atoms with Crippen molar-refractivity contribution in [2.45, 2.75) is 32.8 Å². The summed E-state index contributed by atoms with van der Waals surface area (Å²) in [5.74, 6) is -1.46. The SMILES string of the molecule is COP(=O)(CCc1c(C)cc(C)cc1-c1ccc(F)cc1)C[C@@H](O)CC(=O)O. The zero-order valence-corrected chi connectivity index (χ0v) is 17.2. The van der Waals surface area contributed by atoms with E-state index in [0.29, 0.717) is 6.42 Å². The lowest BCUT2D eigenvalue weighted by Crippen LogP contribution is -2.19. The van der Waals surface area contributed by atoms with Gasteiger partial charge < -0.3 is 14.7 Å². The molecular weight excluding hydrogens is 382 g/mol. The van der Waals surface area contributed by atoms with Gasteiger partial charge in [0.25, 0.3) is 0 Å². The number of carbonyl (C=O) groups is 1. The molecule has 2 N–H and O–H groups in total. The lowest BCUT2D eigenvalue weighted by atomic mass is 9.92. The van der Waals surface area contributed by atoms with Crippen LogP contribution < -0.4 is 0 Å². The maximum Gasteiger partial charge on any atom is 0.305 e. The molecule has 0 spiro atoms. The Morgan fingerprint density at radius 1 is 1.21 bits per heavy atom. The first kappa shape index (κ1) is 22.3. The van der Waals surface area contributed by atoms with Gasteiger partial charge in [0, 0.05) is 13.3 Å². The second-order valence-electron chi connectivity index (χ2n) is 7.02. The third-order valence-electron chi connectivity index (χ3n) is 4.71. The minimum atomic E-state index is -3.20. The van der Waals surface area contributed by atoms with Crippen LogP contribution in [0.15, 0.2) is 36.4 Å². The minimum absolute atomic E-state index is 0.179. The summed E-state index contributed by atoms with van der Waals surface area (Å²) in [6, 6.07) is 10.3. The van der Waals surface area contributed by atoms with Crippen molar-refractivity contribution >= 4 is 13.3 Å². The lowest BCUT2D eigenvalue weighted by Gasteiger charge is -2.21. The van der Waals surface area contributed by atoms with E-state index >= 15 is 0 Å². The molecule has 28 heavy (non-hydrogen) atoms. The molecule has 2 aromatic rings. The molecule has 0 amide bonds. The van der Waals surface area contributed by atoms with E-state index in [-0.39, 0.29) is 18.1 Å². The molecule has 0 saturated heterocycles. The fourth-order valence-electron chi connectivity index (χ4n) is 3.34. The highest BCUT2D eigenvalue weighted by Crippen LogP contribution is 2.48. The van der Waals surface area contributed by atoms with Crippen molar-refractivity contribution in [3.63, 3.8) is 0 Å². The van der Waals surface area contributed by atoms with Crippen LogP contribution >= 0.6 is 7.37 Å². The molecule has 0 bridgehead atoms. The van der Waals surface area contributed by atoms with Gasteiger partial charge in [0.05, 0.1) is 18.7 Å². The van der Waals surface area contributed by atoms with Crippen molar-refractivity contribution in [2.24, 2.45) is 0 Å². The van der Waals surface area contributed by atoms with Gasteiger partial charge in [0.1, 0.15) is 5.82 Å². The number of hydrogen-bond donors (Lipinski definition) is 2. The van der Waals surface area contributed by atoms with Crippen LogP contribution in [0.2, 0.25) is 0 Å². The van der Waals surface area contributed by atoms with E-state index in [1.165, 1.54) is 19.2 Å². The van der Waals surface area contributed by atoms with E-state index in [0.717, 1.165) is 27.8 Å². The molecule has 0 aliphatic carbocycles. The monoisotopic (exact) mass is 408 g/mol. The minimum Gasteiger partial charge on any atom is -0.481 e. The van der Waals surface area contributed by atoms with Gasteiger partial charge in [-0.05, 0) is 54.7 Å². The van der Waals surface area contributed by atoms with Crippen LogP contribution in [0.25, 0.3) is 11.1 Å². The zero-order chi connectivity index (χ0) is 20.9. The van der Waals surface area contributed by atoms with Gasteiger partial charge in [-0.1, -0.05) is 29.8 Å². The number of aliphatic hydroxyl groups excluding tert-OH is 1. The number of carboxylic acid groups (broad SMARTS) is 1. The second kappa shape index (κ2) is 9.46. The molecule has 0 saturated carbocycles. The van der Waals surface area contributed by atoms with Crippen LogP contribution in [0.1, 0.15) is 23.1 Å². The van der Waals surface area contributed by atoms with Gasteiger partial charge in [-0.15, -0.1) is 0 Å². The van der Waals surface area contributed by atoms with Gasteiger partial charge in [0.15, 0.2) is 0 Å². The highest BCUT2D eigenvalue weighted by atomic mass is 31.2. The fourth-order valence-corrected chi connectivity index (χ4v) is 5.19. The van der Waals surface area contributed by atoms with E-state index in [1.54, 1.807) is 12.1 Å². The van der Waals surface area contributed by atoms with Crippen molar-refractivity contribution in [1.29, 1.82) is 0 Å². The smallest absolute Gasteiger partial charge is 0.305 e. The van der Waals surface area contributed by atoms with Crippen molar-refractivity contribution in [1.82, 2.24) is 0 Å². The first-order valence-corrected chi connectivity index (χ1v) is 11.0. The molecule has 0 fully saturated rings. The Kier molecular flexibility index (Phi) is 7.53. The van der Waals surface area contributed by atoms with Gasteiger partial charge in [-0.2, -0.15) is 0 Å². The van der Waals surface area contributed by atoms with Gasteiger partial charge in [0.2, 0.25) is 7.37 Å². The number of benzene rings is 2. The molecule has 0 aliphatic heterocycles. The first-order valence-electron chi connectivity index (χ1n) is 9.03. The van der Waals surface area contributed by atoms with Crippen molar-refractivity contribution < 1.29 is 28.5 Å². The summed E-state index contributed by atoms with van der Waals surface area (Å²) in [4.78, 5) is 10.7. The Balaban J connectivity index is 2.28. The summed E-state index contributed by atoms with van der Waals surface area (Å²) in [5.41, 5.74) is 4.86. The van der Waals surface area contributed by atoms with Crippen molar-refractivity contribution in [2.75, 3.05) is 19.4 Å². The van der Waals surface area contributed by atoms with E-state index < -0.39 is 25.9 Å². The number of halogens is 1. The van der Waals surface area contributed by atoms with E-state index in [9.17, 15) is 18.9 Å². The Bertz CT molecular complexity index is 879. The summed E-state index contributed by atoms with van der Waals surface area (Å²) in [6.07, 6.45) is -1.29. The Labute approximate surface area is 164 Å². The Morgan fingerprint density at radius 2 is 1.86 bits per heavy atom. The third kappa shape index (κ3) is 5.99. The van der Waals surface area contributed by atoms with Crippen molar-refractivity contribution in [3.05, 3.63) is 58.9 Å². The summed E-state index contributed by atoms with van der Waals surface area (Å²) < 4.78 is 31.5. The number of carboxylic acids is 1. The number of hydrogen-bond acceptors (Lipinski definition) is 4. The number of aliphatic hydroxyl groups is 1. The van der Waals surface area contributed by atoms with Gasteiger partial charge in [-0.25, -0.2) is 4.39 Å². The quantitative estimate of drug-likeness (QED) is 0.601. The predicted octanol–water partition coefficient (Wildman–Crippen LogP) is 4.41. The number of aryl methyl sites for hydroxylation is 2. The lowest BCUT2D eigenvalue weighted by molar-refractivity contribution is -0.138. The molecule has 7 heteroatoms. The van der Waals surface area contributed by atoms with Gasteiger partial charge in [-0.3, -0.25) is 9.36 Å². The van der Waals surface area contributed by atoms with E-state index in [1.807, 2.05) is 26.0 Å². The highest BCUT2D eigenvalue weighted by molar-refractivity contribution is 7.59. The summed E-state index contributed by atoms with van der Waals surface area (Å²) >= 11 is 0.